The van der Waals surface area contributed by atoms with Gasteiger partial charge in [0.1, 0.15) is 18.0 Å². The van der Waals surface area contributed by atoms with Gasteiger partial charge in [-0.05, 0) is 65.2 Å². The highest BCUT2D eigenvalue weighted by Gasteiger charge is 2.44. The molecule has 0 aliphatic carbocycles. The summed E-state index contributed by atoms with van der Waals surface area (Å²) in [6.07, 6.45) is -0.915. The summed E-state index contributed by atoms with van der Waals surface area (Å²) in [5, 5.41) is 1.23. The number of para-hydroxylation sites is 1. The summed E-state index contributed by atoms with van der Waals surface area (Å²) in [7, 11) is 0. The van der Waals surface area contributed by atoms with Crippen molar-refractivity contribution in [2.45, 2.75) is 24.7 Å². The second kappa shape index (κ2) is 10.2. The summed E-state index contributed by atoms with van der Waals surface area (Å²) in [5.74, 6) is -0.483. The number of nitrogens with zero attached hydrogens (tertiary/aromatic N) is 1. The molecule has 1 amide bonds. The largest absolute Gasteiger partial charge is 0.358 e. The average molecular weight is 506 g/mol. The Morgan fingerprint density at radius 3 is 1.91 bits per heavy atom. The Hall–Kier alpha value is -3.18. The predicted molar refractivity (Wildman–Crippen MR) is 137 cm³/mol. The van der Waals surface area contributed by atoms with Crippen LogP contribution in [-0.2, 0) is 16.0 Å². The SMILES string of the molecule is O=C1[C@H](Cc2ccc(F)cc2)O[C@@H](c2ccc(Cl)cc2)[C@@H](c2ccc(Cl)cc2)N1c1ccccc1. The lowest BCUT2D eigenvalue weighted by atomic mass is 9.90. The molecular formula is C29H22Cl2FNO2. The third-order valence-corrected chi connectivity index (χ3v) is 6.67. The molecule has 1 heterocycles. The smallest absolute Gasteiger partial charge is 0.257 e. The van der Waals surface area contributed by atoms with Crippen LogP contribution in [0.25, 0.3) is 0 Å². The molecule has 5 rings (SSSR count). The van der Waals surface area contributed by atoms with E-state index >= 15 is 0 Å². The fraction of sp³-hybridized carbons (Fsp3) is 0.138. The molecule has 0 N–H and O–H groups in total. The summed E-state index contributed by atoms with van der Waals surface area (Å²) in [6, 6.07) is 30.2. The lowest BCUT2D eigenvalue weighted by molar-refractivity contribution is -0.144. The van der Waals surface area contributed by atoms with Crippen molar-refractivity contribution in [2.75, 3.05) is 4.90 Å². The molecule has 4 aromatic carbocycles. The van der Waals surface area contributed by atoms with Gasteiger partial charge in [-0.2, -0.15) is 0 Å². The van der Waals surface area contributed by atoms with Crippen LogP contribution in [0.15, 0.2) is 103 Å². The highest BCUT2D eigenvalue weighted by Crippen LogP contribution is 2.45. The van der Waals surface area contributed by atoms with Crippen LogP contribution in [0.4, 0.5) is 10.1 Å². The first-order valence-corrected chi connectivity index (χ1v) is 12.0. The minimum Gasteiger partial charge on any atom is -0.358 e. The van der Waals surface area contributed by atoms with E-state index in [2.05, 4.69) is 0 Å². The zero-order chi connectivity index (χ0) is 24.4. The summed E-state index contributed by atoms with van der Waals surface area (Å²) < 4.78 is 20.0. The number of morpholine rings is 1. The third-order valence-electron chi connectivity index (χ3n) is 6.17. The number of halogens is 3. The molecule has 1 aliphatic heterocycles. The van der Waals surface area contributed by atoms with Gasteiger partial charge in [-0.3, -0.25) is 9.69 Å². The Labute approximate surface area is 213 Å². The quantitative estimate of drug-likeness (QED) is 0.279. The average Bonchev–Trinajstić information content (AvgIpc) is 2.88. The van der Waals surface area contributed by atoms with Crippen LogP contribution in [0.3, 0.4) is 0 Å². The maximum atomic E-state index is 14.0. The van der Waals surface area contributed by atoms with Gasteiger partial charge in [-0.1, -0.05) is 77.8 Å². The molecule has 0 bridgehead atoms. The molecule has 1 aliphatic rings. The summed E-state index contributed by atoms with van der Waals surface area (Å²) in [6.45, 7) is 0. The zero-order valence-corrected chi connectivity index (χ0v) is 20.2. The van der Waals surface area contributed by atoms with Crippen molar-refractivity contribution in [3.05, 3.63) is 136 Å². The van der Waals surface area contributed by atoms with E-state index in [1.165, 1.54) is 12.1 Å². The number of hydrogen-bond donors (Lipinski definition) is 0. The maximum Gasteiger partial charge on any atom is 0.257 e. The normalized spacial score (nSPS) is 20.1. The Bertz CT molecular complexity index is 1300. The second-order valence-corrected chi connectivity index (χ2v) is 9.34. The van der Waals surface area contributed by atoms with E-state index in [0.29, 0.717) is 16.5 Å². The van der Waals surface area contributed by atoms with Crippen LogP contribution in [0.2, 0.25) is 10.0 Å². The van der Waals surface area contributed by atoms with Crippen LogP contribution in [0, 0.1) is 5.82 Å². The molecule has 6 heteroatoms. The van der Waals surface area contributed by atoms with E-state index in [1.54, 1.807) is 17.0 Å². The minimum atomic E-state index is -0.759. The second-order valence-electron chi connectivity index (χ2n) is 8.47. The van der Waals surface area contributed by atoms with Gasteiger partial charge in [0.2, 0.25) is 0 Å². The first-order chi connectivity index (χ1) is 17.0. The number of amides is 1. The van der Waals surface area contributed by atoms with E-state index in [-0.39, 0.29) is 11.7 Å². The third kappa shape index (κ3) is 5.10. The molecule has 4 aromatic rings. The van der Waals surface area contributed by atoms with Crippen LogP contribution in [-0.4, -0.2) is 12.0 Å². The summed E-state index contributed by atoms with van der Waals surface area (Å²) in [4.78, 5) is 15.8. The van der Waals surface area contributed by atoms with Gasteiger partial charge in [0.25, 0.3) is 5.91 Å². The van der Waals surface area contributed by atoms with E-state index in [1.807, 2.05) is 78.9 Å². The van der Waals surface area contributed by atoms with E-state index < -0.39 is 18.2 Å². The Kier molecular flexibility index (Phi) is 6.87. The van der Waals surface area contributed by atoms with Crippen molar-refractivity contribution in [1.82, 2.24) is 0 Å². The fourth-order valence-corrected chi connectivity index (χ4v) is 4.73. The molecule has 0 aromatic heterocycles. The predicted octanol–water partition coefficient (Wildman–Crippen LogP) is 7.59. The summed E-state index contributed by atoms with van der Waals surface area (Å²) >= 11 is 12.3. The highest BCUT2D eigenvalue weighted by molar-refractivity contribution is 6.30. The molecule has 0 saturated carbocycles. The molecule has 0 radical (unpaired) electrons. The van der Waals surface area contributed by atoms with Gasteiger partial charge in [0, 0.05) is 22.2 Å². The van der Waals surface area contributed by atoms with Gasteiger partial charge < -0.3 is 4.74 Å². The van der Waals surface area contributed by atoms with Gasteiger partial charge in [-0.15, -0.1) is 0 Å². The lowest BCUT2D eigenvalue weighted by Crippen LogP contribution is -2.51. The van der Waals surface area contributed by atoms with Crippen molar-refractivity contribution in [3.63, 3.8) is 0 Å². The molecule has 3 atom stereocenters. The van der Waals surface area contributed by atoms with Crippen LogP contribution >= 0.6 is 23.2 Å². The number of ether oxygens (including phenoxy) is 1. The molecule has 3 nitrogen and oxygen atoms in total. The van der Waals surface area contributed by atoms with Crippen molar-refractivity contribution in [2.24, 2.45) is 0 Å². The molecule has 0 spiro atoms. The molecule has 176 valence electrons. The van der Waals surface area contributed by atoms with Crippen molar-refractivity contribution >= 4 is 34.8 Å². The molecule has 1 saturated heterocycles. The van der Waals surface area contributed by atoms with Crippen molar-refractivity contribution in [1.29, 1.82) is 0 Å². The van der Waals surface area contributed by atoms with Gasteiger partial charge in [0.05, 0.1) is 6.04 Å². The van der Waals surface area contributed by atoms with Crippen molar-refractivity contribution in [3.8, 4) is 0 Å². The number of carbonyl (C=O) groups is 1. The number of anilines is 1. The Balaban J connectivity index is 1.63. The number of hydrogen-bond acceptors (Lipinski definition) is 2. The number of benzene rings is 4. The number of rotatable bonds is 5. The summed E-state index contributed by atoms with van der Waals surface area (Å²) in [5.41, 5.74) is 3.38. The lowest BCUT2D eigenvalue weighted by Gasteiger charge is -2.45. The van der Waals surface area contributed by atoms with Gasteiger partial charge in [-0.25, -0.2) is 4.39 Å². The highest BCUT2D eigenvalue weighted by atomic mass is 35.5. The maximum absolute atomic E-state index is 14.0. The zero-order valence-electron chi connectivity index (χ0n) is 18.7. The molecule has 35 heavy (non-hydrogen) atoms. The molecule has 0 unspecified atom stereocenters. The first kappa shape index (κ1) is 23.6. The van der Waals surface area contributed by atoms with Crippen LogP contribution in [0.5, 0.6) is 0 Å². The van der Waals surface area contributed by atoms with Gasteiger partial charge >= 0.3 is 0 Å². The van der Waals surface area contributed by atoms with Crippen LogP contribution < -0.4 is 4.90 Å². The minimum absolute atomic E-state index is 0.161. The monoisotopic (exact) mass is 505 g/mol. The van der Waals surface area contributed by atoms with E-state index in [4.69, 9.17) is 27.9 Å². The van der Waals surface area contributed by atoms with E-state index in [0.717, 1.165) is 22.4 Å². The standard InChI is InChI=1S/C29H22Cl2FNO2/c30-22-12-8-20(9-13-22)27-28(21-10-14-23(31)15-11-21)35-26(18-19-6-16-24(32)17-7-19)29(34)33(27)25-4-2-1-3-5-25/h1-17,26-28H,18H2/t26-,27+,28-/m0/s1. The van der Waals surface area contributed by atoms with Crippen molar-refractivity contribution < 1.29 is 13.9 Å². The van der Waals surface area contributed by atoms with Crippen LogP contribution in [0.1, 0.15) is 28.8 Å². The molecular weight excluding hydrogens is 484 g/mol. The van der Waals surface area contributed by atoms with E-state index in [9.17, 15) is 9.18 Å². The first-order valence-electron chi connectivity index (χ1n) is 11.3. The Morgan fingerprint density at radius 1 is 0.743 bits per heavy atom. The Morgan fingerprint density at radius 2 is 1.31 bits per heavy atom. The molecule has 1 fully saturated rings. The number of carbonyl (C=O) groups excluding carboxylic acids is 1. The topological polar surface area (TPSA) is 29.5 Å². The fourth-order valence-electron chi connectivity index (χ4n) is 4.48. The van der Waals surface area contributed by atoms with Gasteiger partial charge in [0.15, 0.2) is 0 Å².